The van der Waals surface area contributed by atoms with Gasteiger partial charge in [-0.15, -0.1) is 0 Å². The number of nitrogen functional groups attached to an aromatic ring is 1. The Morgan fingerprint density at radius 1 is 1.10 bits per heavy atom. The molecular formula is C29H39N7O6. The molecule has 0 spiro atoms. The number of primary amides is 1. The van der Waals surface area contributed by atoms with E-state index in [2.05, 4.69) is 0 Å². The zero-order valence-corrected chi connectivity index (χ0v) is 24.3. The van der Waals surface area contributed by atoms with Crippen LogP contribution in [0.3, 0.4) is 0 Å². The molecule has 42 heavy (non-hydrogen) atoms. The van der Waals surface area contributed by atoms with Gasteiger partial charge in [-0.2, -0.15) is 0 Å². The van der Waals surface area contributed by atoms with Crippen molar-refractivity contribution < 1.29 is 19.5 Å². The number of aromatic hydroxyl groups is 1. The monoisotopic (exact) mass is 581 g/mol. The molecule has 1 atom stereocenters. The maximum absolute atomic E-state index is 13.4. The van der Waals surface area contributed by atoms with Crippen molar-refractivity contribution in [2.75, 3.05) is 7.05 Å². The van der Waals surface area contributed by atoms with Crippen molar-refractivity contribution >= 4 is 23.7 Å². The third-order valence-electron chi connectivity index (χ3n) is 8.68. The summed E-state index contributed by atoms with van der Waals surface area (Å²) in [6.45, 7) is 4.36. The minimum Gasteiger partial charge on any atom is -0.494 e. The number of amides is 4. The Balaban J connectivity index is 1.55. The fourth-order valence-corrected chi connectivity index (χ4v) is 6.09. The number of hydrogen-bond acceptors (Lipinski definition) is 7. The van der Waals surface area contributed by atoms with Gasteiger partial charge in [-0.25, -0.2) is 9.59 Å². The first-order valence-electron chi connectivity index (χ1n) is 14.2. The lowest BCUT2D eigenvalue weighted by atomic mass is 9.70. The minimum atomic E-state index is -0.780. The van der Waals surface area contributed by atoms with E-state index >= 15 is 0 Å². The lowest BCUT2D eigenvalue weighted by molar-refractivity contribution is -0.128. The first-order chi connectivity index (χ1) is 19.8. The molecule has 1 saturated carbocycles. The number of unbranched alkanes of at least 4 members (excludes halogenated alkanes) is 1. The Bertz CT molecular complexity index is 1520. The van der Waals surface area contributed by atoms with E-state index in [0.717, 1.165) is 26.0 Å². The van der Waals surface area contributed by atoms with Crippen LogP contribution in [0.5, 0.6) is 5.88 Å². The molecule has 1 aliphatic heterocycles. The molecule has 1 saturated heterocycles. The van der Waals surface area contributed by atoms with Gasteiger partial charge < -0.3 is 21.5 Å². The Morgan fingerprint density at radius 3 is 2.26 bits per heavy atom. The smallest absolute Gasteiger partial charge is 0.334 e. The van der Waals surface area contributed by atoms with Gasteiger partial charge in [0.2, 0.25) is 11.8 Å². The summed E-state index contributed by atoms with van der Waals surface area (Å²) in [5.74, 6) is -2.03. The van der Waals surface area contributed by atoms with E-state index in [1.165, 1.54) is 11.9 Å². The van der Waals surface area contributed by atoms with E-state index in [0.29, 0.717) is 44.1 Å². The van der Waals surface area contributed by atoms with Crippen LogP contribution in [0.2, 0.25) is 0 Å². The summed E-state index contributed by atoms with van der Waals surface area (Å²) in [6.07, 6.45) is 3.84. The lowest BCUT2D eigenvalue weighted by Crippen LogP contribution is -2.47. The van der Waals surface area contributed by atoms with Crippen molar-refractivity contribution in [2.45, 2.75) is 84.0 Å². The summed E-state index contributed by atoms with van der Waals surface area (Å²) in [5.41, 5.74) is 9.91. The quantitative estimate of drug-likeness (QED) is 0.186. The average Bonchev–Trinajstić information content (AvgIpc) is 3.12. The zero-order chi connectivity index (χ0) is 30.9. The molecule has 2 aromatic rings. The summed E-state index contributed by atoms with van der Waals surface area (Å²) < 4.78 is 2.23. The first kappa shape index (κ1) is 30.5. The summed E-state index contributed by atoms with van der Waals surface area (Å²) >= 11 is 0. The molecule has 13 nitrogen and oxygen atoms in total. The number of carbonyl (C=O) groups excluding carboxylic acids is 3. The predicted molar refractivity (Wildman–Crippen MR) is 155 cm³/mol. The van der Waals surface area contributed by atoms with Gasteiger partial charge in [0.25, 0.3) is 11.5 Å². The van der Waals surface area contributed by atoms with Crippen LogP contribution in [0, 0.1) is 10.8 Å². The van der Waals surface area contributed by atoms with Gasteiger partial charge in [0.1, 0.15) is 17.4 Å². The number of hydrogen-bond donors (Lipinski definition) is 4. The SMILES string of the molecule is CCCCn1c(O)c(C(=N)N)c(=O)n(C2CCC(C)(C[C@H]3C(=O)N(C)C(=O)N3Cc3ccc(C(N)=O)cc3)CC2)c1=O. The van der Waals surface area contributed by atoms with Crippen LogP contribution < -0.4 is 22.7 Å². The maximum atomic E-state index is 13.4. The van der Waals surface area contributed by atoms with E-state index in [9.17, 15) is 29.1 Å². The number of likely N-dealkylation sites (N-methyl/N-ethyl adjacent to an activating group) is 1. The summed E-state index contributed by atoms with van der Waals surface area (Å²) in [4.78, 5) is 66.9. The highest BCUT2D eigenvalue weighted by atomic mass is 16.3. The maximum Gasteiger partial charge on any atom is 0.334 e. The van der Waals surface area contributed by atoms with E-state index in [4.69, 9.17) is 16.9 Å². The van der Waals surface area contributed by atoms with Crippen LogP contribution in [0.1, 0.15) is 86.3 Å². The summed E-state index contributed by atoms with van der Waals surface area (Å²) in [7, 11) is 1.46. The lowest BCUT2D eigenvalue weighted by Gasteiger charge is -2.40. The molecular weight excluding hydrogens is 542 g/mol. The van der Waals surface area contributed by atoms with Gasteiger partial charge in [0.05, 0.1) is 0 Å². The van der Waals surface area contributed by atoms with Crippen molar-refractivity contribution in [3.05, 3.63) is 61.8 Å². The molecule has 1 aromatic carbocycles. The molecule has 4 amide bonds. The van der Waals surface area contributed by atoms with Crippen LogP contribution in [0.4, 0.5) is 4.79 Å². The van der Waals surface area contributed by atoms with Crippen LogP contribution in [-0.2, 0) is 17.9 Å². The van der Waals surface area contributed by atoms with Crippen molar-refractivity contribution in [3.63, 3.8) is 0 Å². The summed E-state index contributed by atoms with van der Waals surface area (Å²) in [6, 6.07) is 5.03. The van der Waals surface area contributed by atoms with Crippen LogP contribution >= 0.6 is 0 Å². The van der Waals surface area contributed by atoms with Gasteiger partial charge in [-0.3, -0.25) is 33.8 Å². The Kier molecular flexibility index (Phi) is 8.60. The number of amidine groups is 1. The van der Waals surface area contributed by atoms with Gasteiger partial charge in [0, 0.05) is 31.7 Å². The Hall–Kier alpha value is -4.42. The van der Waals surface area contributed by atoms with Gasteiger partial charge in [-0.1, -0.05) is 32.4 Å². The molecule has 1 aliphatic carbocycles. The zero-order valence-electron chi connectivity index (χ0n) is 24.3. The molecule has 0 bridgehead atoms. The van der Waals surface area contributed by atoms with Crippen molar-refractivity contribution in [3.8, 4) is 5.88 Å². The van der Waals surface area contributed by atoms with Crippen LogP contribution in [0.15, 0.2) is 33.9 Å². The van der Waals surface area contributed by atoms with Crippen LogP contribution in [0.25, 0.3) is 0 Å². The second-order valence-electron chi connectivity index (χ2n) is 11.7. The molecule has 2 fully saturated rings. The van der Waals surface area contributed by atoms with Gasteiger partial charge in [-0.05, 0) is 61.6 Å². The largest absolute Gasteiger partial charge is 0.494 e. The van der Waals surface area contributed by atoms with E-state index in [1.807, 2.05) is 13.8 Å². The van der Waals surface area contributed by atoms with Gasteiger partial charge >= 0.3 is 11.7 Å². The van der Waals surface area contributed by atoms with Crippen LogP contribution in [-0.4, -0.2) is 60.8 Å². The molecule has 6 N–H and O–H groups in total. The second-order valence-corrected chi connectivity index (χ2v) is 11.7. The standard InChI is InChI=1S/C29H39N7O6/c1-4-5-14-34-25(39)21(22(30)31)26(40)36(28(34)42)19-10-12-29(2,13-11-19)15-20-24(38)33(3)27(41)35(20)16-17-6-8-18(9-7-17)23(32)37/h6-9,19-20,39H,4-5,10-16H2,1-3H3,(H3,30,31)(H2,32,37)/t19?,20-,29?/m0/s1. The predicted octanol–water partition coefficient (Wildman–Crippen LogP) is 1.87. The number of nitrogens with one attached hydrogen (secondary N) is 1. The number of benzene rings is 1. The summed E-state index contributed by atoms with van der Waals surface area (Å²) in [5, 5.41) is 18.4. The Labute approximate surface area is 243 Å². The molecule has 4 rings (SSSR count). The number of nitrogens with zero attached hydrogens (tertiary/aromatic N) is 4. The number of rotatable bonds is 10. The fourth-order valence-electron chi connectivity index (χ4n) is 6.09. The van der Waals surface area contributed by atoms with E-state index in [1.54, 1.807) is 24.3 Å². The molecule has 226 valence electrons. The highest BCUT2D eigenvalue weighted by Gasteiger charge is 2.47. The topological polar surface area (TPSA) is 198 Å². The molecule has 2 aliphatic rings. The molecule has 1 aromatic heterocycles. The first-order valence-corrected chi connectivity index (χ1v) is 14.2. The fraction of sp³-hybridized carbons (Fsp3) is 0.517. The number of aromatic nitrogens is 2. The Morgan fingerprint density at radius 2 is 1.71 bits per heavy atom. The van der Waals surface area contributed by atoms with Crippen molar-refractivity contribution in [1.82, 2.24) is 18.9 Å². The number of nitrogens with two attached hydrogens (primary N) is 2. The third kappa shape index (κ3) is 5.68. The minimum absolute atomic E-state index is 0.186. The normalized spacial score (nSPS) is 22.5. The van der Waals surface area contributed by atoms with Gasteiger partial charge in [0.15, 0.2) is 0 Å². The van der Waals surface area contributed by atoms with Crippen molar-refractivity contribution in [1.29, 1.82) is 5.41 Å². The second kappa shape index (κ2) is 11.8. The van der Waals surface area contributed by atoms with Crippen molar-refractivity contribution in [2.24, 2.45) is 16.9 Å². The molecule has 2 heterocycles. The molecule has 13 heteroatoms. The highest BCUT2D eigenvalue weighted by Crippen LogP contribution is 2.45. The number of urea groups is 1. The number of carbonyl (C=O) groups is 3. The highest BCUT2D eigenvalue weighted by molar-refractivity contribution is 6.04. The average molecular weight is 582 g/mol. The molecule has 0 unspecified atom stereocenters. The number of imide groups is 1. The van der Waals surface area contributed by atoms with E-state index in [-0.39, 0.29) is 30.0 Å². The third-order valence-corrected chi connectivity index (χ3v) is 8.68. The molecule has 0 radical (unpaired) electrons. The van der Waals surface area contributed by atoms with E-state index < -0.39 is 47.0 Å².